The van der Waals surface area contributed by atoms with Crippen molar-refractivity contribution in [1.29, 1.82) is 0 Å². The number of anilines is 1. The third kappa shape index (κ3) is 3.77. The second-order valence-electron chi connectivity index (χ2n) is 4.64. The first-order valence-electron chi connectivity index (χ1n) is 5.33. The van der Waals surface area contributed by atoms with Crippen molar-refractivity contribution in [1.82, 2.24) is 5.32 Å². The van der Waals surface area contributed by atoms with Gasteiger partial charge in [-0.15, -0.1) is 0 Å². The third-order valence-corrected chi connectivity index (χ3v) is 3.05. The summed E-state index contributed by atoms with van der Waals surface area (Å²) in [6.45, 7) is 4.07. The van der Waals surface area contributed by atoms with Crippen LogP contribution in [-0.2, 0) is 4.74 Å². The van der Waals surface area contributed by atoms with E-state index >= 15 is 0 Å². The molecule has 3 N–H and O–H groups in total. The van der Waals surface area contributed by atoms with Gasteiger partial charge in [0.25, 0.3) is 5.91 Å². The molecule has 1 amide bonds. The molecule has 0 spiro atoms. The molecule has 0 bridgehead atoms. The number of halogens is 2. The van der Waals surface area contributed by atoms with Crippen LogP contribution in [0, 0.1) is 0 Å². The Morgan fingerprint density at radius 3 is 2.61 bits per heavy atom. The molecule has 0 heterocycles. The zero-order valence-electron chi connectivity index (χ0n) is 10.5. The highest BCUT2D eigenvalue weighted by atomic mass is 35.5. The van der Waals surface area contributed by atoms with Crippen molar-refractivity contribution in [3.63, 3.8) is 0 Å². The van der Waals surface area contributed by atoms with E-state index in [-0.39, 0.29) is 21.5 Å². The lowest BCUT2D eigenvalue weighted by Crippen LogP contribution is -2.46. The van der Waals surface area contributed by atoms with Crippen molar-refractivity contribution < 1.29 is 9.53 Å². The Morgan fingerprint density at radius 2 is 2.06 bits per heavy atom. The van der Waals surface area contributed by atoms with E-state index in [1.165, 1.54) is 12.1 Å². The number of hydrogen-bond acceptors (Lipinski definition) is 3. The van der Waals surface area contributed by atoms with Crippen LogP contribution in [0.4, 0.5) is 5.69 Å². The van der Waals surface area contributed by atoms with E-state index in [1.54, 1.807) is 7.11 Å². The number of carbonyl (C=O) groups excluding carboxylic acids is 1. The van der Waals surface area contributed by atoms with Gasteiger partial charge in [-0.05, 0) is 26.0 Å². The monoisotopic (exact) mass is 290 g/mol. The van der Waals surface area contributed by atoms with Crippen molar-refractivity contribution >= 4 is 34.8 Å². The summed E-state index contributed by atoms with van der Waals surface area (Å²) >= 11 is 11.9. The lowest BCUT2D eigenvalue weighted by molar-refractivity contribution is 0.0820. The summed E-state index contributed by atoms with van der Waals surface area (Å²) in [5.41, 5.74) is 5.78. The number of rotatable bonds is 4. The smallest absolute Gasteiger partial charge is 0.253 e. The highest BCUT2D eigenvalue weighted by Crippen LogP contribution is 2.29. The molecule has 0 aliphatic carbocycles. The van der Waals surface area contributed by atoms with E-state index < -0.39 is 5.54 Å². The predicted octanol–water partition coefficient (Wildman–Crippen LogP) is 2.73. The van der Waals surface area contributed by atoms with Crippen molar-refractivity contribution in [2.45, 2.75) is 19.4 Å². The van der Waals surface area contributed by atoms with Gasteiger partial charge in [-0.1, -0.05) is 23.2 Å². The molecule has 100 valence electrons. The van der Waals surface area contributed by atoms with Gasteiger partial charge in [0.05, 0.1) is 27.8 Å². The van der Waals surface area contributed by atoms with Gasteiger partial charge in [0.2, 0.25) is 0 Å². The van der Waals surface area contributed by atoms with Crippen LogP contribution in [-0.4, -0.2) is 25.2 Å². The molecule has 18 heavy (non-hydrogen) atoms. The molecule has 0 saturated heterocycles. The van der Waals surface area contributed by atoms with Crippen molar-refractivity contribution in [2.24, 2.45) is 0 Å². The van der Waals surface area contributed by atoms with Crippen LogP contribution >= 0.6 is 23.2 Å². The van der Waals surface area contributed by atoms with Gasteiger partial charge < -0.3 is 15.8 Å². The summed E-state index contributed by atoms with van der Waals surface area (Å²) in [6, 6.07) is 2.99. The molecular formula is C12H16Cl2N2O2. The minimum atomic E-state index is -0.508. The molecular weight excluding hydrogens is 275 g/mol. The zero-order chi connectivity index (χ0) is 13.9. The van der Waals surface area contributed by atoms with E-state index in [4.69, 9.17) is 33.7 Å². The molecule has 1 rings (SSSR count). The van der Waals surface area contributed by atoms with E-state index in [1.807, 2.05) is 13.8 Å². The van der Waals surface area contributed by atoms with Crippen molar-refractivity contribution in [3.8, 4) is 0 Å². The molecule has 4 nitrogen and oxygen atoms in total. The number of ether oxygens (including phenoxy) is 1. The molecule has 0 unspecified atom stereocenters. The molecule has 0 saturated carbocycles. The fraction of sp³-hybridized carbons (Fsp3) is 0.417. The number of methoxy groups -OCH3 is 1. The lowest BCUT2D eigenvalue weighted by atomic mass is 10.1. The predicted molar refractivity (Wildman–Crippen MR) is 74.3 cm³/mol. The van der Waals surface area contributed by atoms with Gasteiger partial charge >= 0.3 is 0 Å². The zero-order valence-corrected chi connectivity index (χ0v) is 12.0. The quantitative estimate of drug-likeness (QED) is 0.838. The number of nitrogen functional groups attached to an aromatic ring is 1. The summed E-state index contributed by atoms with van der Waals surface area (Å²) in [6.07, 6.45) is 0. The van der Waals surface area contributed by atoms with E-state index in [2.05, 4.69) is 5.32 Å². The second kappa shape index (κ2) is 5.78. The first kappa shape index (κ1) is 15.1. The van der Waals surface area contributed by atoms with Crippen LogP contribution in [0.2, 0.25) is 10.0 Å². The Kier molecular flexibility index (Phi) is 4.85. The fourth-order valence-electron chi connectivity index (χ4n) is 1.55. The normalized spacial score (nSPS) is 11.4. The molecule has 0 aliphatic heterocycles. The Morgan fingerprint density at radius 1 is 1.44 bits per heavy atom. The van der Waals surface area contributed by atoms with Crippen molar-refractivity contribution in [3.05, 3.63) is 27.7 Å². The maximum Gasteiger partial charge on any atom is 0.253 e. The summed E-state index contributed by atoms with van der Waals surface area (Å²) in [7, 11) is 1.57. The largest absolute Gasteiger partial charge is 0.399 e. The Balaban J connectivity index is 2.98. The van der Waals surface area contributed by atoms with Crippen LogP contribution < -0.4 is 11.1 Å². The maximum absolute atomic E-state index is 12.1. The van der Waals surface area contributed by atoms with Crippen LogP contribution in [0.15, 0.2) is 12.1 Å². The molecule has 6 heteroatoms. The van der Waals surface area contributed by atoms with E-state index in [0.717, 1.165) is 0 Å². The number of carbonyl (C=O) groups is 1. The number of nitrogens with two attached hydrogens (primary N) is 1. The highest BCUT2D eigenvalue weighted by Gasteiger charge is 2.23. The van der Waals surface area contributed by atoms with Crippen LogP contribution in [0.3, 0.4) is 0 Å². The number of amides is 1. The highest BCUT2D eigenvalue weighted by molar-refractivity contribution is 6.44. The van der Waals surface area contributed by atoms with Gasteiger partial charge in [-0.25, -0.2) is 0 Å². The Labute approximate surface area is 116 Å². The molecule has 0 aromatic heterocycles. The summed E-state index contributed by atoms with van der Waals surface area (Å²) in [5, 5.41) is 3.25. The summed E-state index contributed by atoms with van der Waals surface area (Å²) < 4.78 is 5.02. The van der Waals surface area contributed by atoms with E-state index in [0.29, 0.717) is 12.3 Å². The SMILES string of the molecule is COCC(C)(C)NC(=O)c1cc(N)cc(Cl)c1Cl. The number of nitrogens with one attached hydrogen (secondary N) is 1. The average Bonchev–Trinajstić information content (AvgIpc) is 2.22. The van der Waals surface area contributed by atoms with Gasteiger partial charge in [-0.2, -0.15) is 0 Å². The molecule has 1 aromatic rings. The lowest BCUT2D eigenvalue weighted by Gasteiger charge is -2.25. The average molecular weight is 291 g/mol. The summed E-state index contributed by atoms with van der Waals surface area (Å²) in [5.74, 6) is -0.337. The molecule has 1 aromatic carbocycles. The van der Waals surface area contributed by atoms with Gasteiger partial charge in [0.15, 0.2) is 0 Å². The first-order valence-corrected chi connectivity index (χ1v) is 6.08. The Bertz CT molecular complexity index is 462. The van der Waals surface area contributed by atoms with E-state index in [9.17, 15) is 4.79 Å². The van der Waals surface area contributed by atoms with Crippen LogP contribution in [0.25, 0.3) is 0 Å². The van der Waals surface area contributed by atoms with Crippen molar-refractivity contribution in [2.75, 3.05) is 19.5 Å². The number of hydrogen-bond donors (Lipinski definition) is 2. The van der Waals surface area contributed by atoms with Gasteiger partial charge in [0, 0.05) is 12.8 Å². The van der Waals surface area contributed by atoms with Crippen LogP contribution in [0.1, 0.15) is 24.2 Å². The standard InChI is InChI=1S/C12H16Cl2N2O2/c1-12(2,6-18-3)16-11(17)8-4-7(15)5-9(13)10(8)14/h4-5H,6,15H2,1-3H3,(H,16,17). The topological polar surface area (TPSA) is 64.3 Å². The Hall–Kier alpha value is -0.970. The molecule has 0 atom stereocenters. The summed E-state index contributed by atoms with van der Waals surface area (Å²) in [4.78, 5) is 12.1. The first-order chi connectivity index (χ1) is 8.26. The molecule has 0 fully saturated rings. The second-order valence-corrected chi connectivity index (χ2v) is 5.42. The van der Waals surface area contributed by atoms with Gasteiger partial charge in [-0.3, -0.25) is 4.79 Å². The molecule has 0 aliphatic rings. The minimum Gasteiger partial charge on any atom is -0.399 e. The molecule has 0 radical (unpaired) electrons. The van der Waals surface area contributed by atoms with Gasteiger partial charge in [0.1, 0.15) is 0 Å². The van der Waals surface area contributed by atoms with Crippen LogP contribution in [0.5, 0.6) is 0 Å². The maximum atomic E-state index is 12.1. The third-order valence-electron chi connectivity index (χ3n) is 2.25. The fourth-order valence-corrected chi connectivity index (χ4v) is 1.97. The minimum absolute atomic E-state index is 0.191. The number of benzene rings is 1.